The summed E-state index contributed by atoms with van der Waals surface area (Å²) in [6, 6.07) is 3.20. The Hall–Kier alpha value is -0.560. The van der Waals surface area contributed by atoms with Crippen molar-refractivity contribution in [2.45, 2.75) is 33.1 Å². The zero-order chi connectivity index (χ0) is 10.2. The van der Waals surface area contributed by atoms with Gasteiger partial charge in [0.05, 0.1) is 5.02 Å². The lowest BCUT2D eigenvalue weighted by Crippen LogP contribution is -2.13. The van der Waals surface area contributed by atoms with Crippen LogP contribution in [0.1, 0.15) is 31.9 Å². The first kappa shape index (κ1) is 10.5. The van der Waals surface area contributed by atoms with E-state index in [4.69, 9.17) is 11.6 Å². The molecule has 1 rings (SSSR count). The summed E-state index contributed by atoms with van der Waals surface area (Å²) in [7, 11) is 0. The molecule has 0 heterocycles. The van der Waals surface area contributed by atoms with Crippen molar-refractivity contribution in [2.24, 2.45) is 0 Å². The fourth-order valence-electron chi connectivity index (χ4n) is 1.45. The molecule has 0 aliphatic heterocycles. The van der Waals surface area contributed by atoms with E-state index in [1.54, 1.807) is 6.07 Å². The van der Waals surface area contributed by atoms with Gasteiger partial charge in [-0.05, 0) is 35.6 Å². The van der Waals surface area contributed by atoms with Gasteiger partial charge in [0.15, 0.2) is 0 Å². The zero-order valence-electron chi connectivity index (χ0n) is 8.41. The molecule has 2 heteroatoms. The molecule has 0 aromatic heterocycles. The summed E-state index contributed by atoms with van der Waals surface area (Å²) in [5, 5.41) is 0.204. The largest absolute Gasteiger partial charge is 0.205 e. The van der Waals surface area contributed by atoms with Crippen LogP contribution in [0.5, 0.6) is 0 Å². The number of rotatable bonds is 0. The third kappa shape index (κ3) is 2.22. The molecule has 0 saturated carbocycles. The van der Waals surface area contributed by atoms with E-state index in [1.165, 1.54) is 6.07 Å². The van der Waals surface area contributed by atoms with Gasteiger partial charge < -0.3 is 0 Å². The third-order valence-electron chi connectivity index (χ3n) is 2.08. The molecule has 0 radical (unpaired) electrons. The molecule has 1 aromatic rings. The van der Waals surface area contributed by atoms with Crippen molar-refractivity contribution in [1.29, 1.82) is 0 Å². The lowest BCUT2D eigenvalue weighted by atomic mass is 9.84. The molecule has 0 amide bonds. The zero-order valence-corrected chi connectivity index (χ0v) is 9.17. The molecule has 0 saturated heterocycles. The van der Waals surface area contributed by atoms with Crippen LogP contribution >= 0.6 is 11.6 Å². The molecule has 0 spiro atoms. The highest BCUT2D eigenvalue weighted by Crippen LogP contribution is 2.29. The van der Waals surface area contributed by atoms with Gasteiger partial charge in [-0.1, -0.05) is 32.4 Å². The van der Waals surface area contributed by atoms with Crippen molar-refractivity contribution in [3.05, 3.63) is 34.1 Å². The Morgan fingerprint density at radius 3 is 2.23 bits per heavy atom. The van der Waals surface area contributed by atoms with Gasteiger partial charge in [-0.2, -0.15) is 0 Å². The summed E-state index contributed by atoms with van der Waals surface area (Å²) in [6.45, 7) is 8.16. The summed E-state index contributed by atoms with van der Waals surface area (Å²) >= 11 is 5.72. The van der Waals surface area contributed by atoms with E-state index >= 15 is 0 Å². The maximum absolute atomic E-state index is 13.0. The first-order valence-electron chi connectivity index (χ1n) is 4.28. The summed E-state index contributed by atoms with van der Waals surface area (Å²) in [5.41, 5.74) is 2.06. The predicted octanol–water partition coefficient (Wildman–Crippen LogP) is 4.09. The molecule has 1 aromatic carbocycles. The molecule has 0 aliphatic carbocycles. The second-order valence-corrected chi connectivity index (χ2v) is 4.74. The van der Waals surface area contributed by atoms with Crippen molar-refractivity contribution in [1.82, 2.24) is 0 Å². The fourth-order valence-corrected chi connectivity index (χ4v) is 1.62. The SMILES string of the molecule is Cc1cc(F)c(Cl)cc1C(C)(C)C. The smallest absolute Gasteiger partial charge is 0.142 e. The van der Waals surface area contributed by atoms with Crippen LogP contribution in [0.3, 0.4) is 0 Å². The Morgan fingerprint density at radius 2 is 1.77 bits per heavy atom. The van der Waals surface area contributed by atoms with Crippen LogP contribution < -0.4 is 0 Å². The summed E-state index contributed by atoms with van der Waals surface area (Å²) < 4.78 is 13.0. The number of halogens is 2. The van der Waals surface area contributed by atoms with E-state index in [2.05, 4.69) is 20.8 Å². The molecule has 0 bridgehead atoms. The van der Waals surface area contributed by atoms with E-state index < -0.39 is 0 Å². The second kappa shape index (κ2) is 3.30. The first-order valence-corrected chi connectivity index (χ1v) is 4.66. The minimum atomic E-state index is -0.341. The quantitative estimate of drug-likeness (QED) is 0.592. The monoisotopic (exact) mass is 200 g/mol. The Balaban J connectivity index is 3.32. The van der Waals surface area contributed by atoms with Crippen LogP contribution in [0, 0.1) is 12.7 Å². The fraction of sp³-hybridized carbons (Fsp3) is 0.455. The van der Waals surface area contributed by atoms with Gasteiger partial charge in [0.1, 0.15) is 5.82 Å². The molecular formula is C11H14ClF. The molecule has 0 aliphatic rings. The Labute approximate surface area is 83.7 Å². The van der Waals surface area contributed by atoms with Crippen LogP contribution in [-0.4, -0.2) is 0 Å². The van der Waals surface area contributed by atoms with Gasteiger partial charge in [-0.25, -0.2) is 4.39 Å². The predicted molar refractivity (Wildman–Crippen MR) is 54.8 cm³/mol. The lowest BCUT2D eigenvalue weighted by molar-refractivity contribution is 0.578. The lowest BCUT2D eigenvalue weighted by Gasteiger charge is -2.21. The normalized spacial score (nSPS) is 11.8. The number of benzene rings is 1. The van der Waals surface area contributed by atoms with Crippen molar-refractivity contribution >= 4 is 11.6 Å². The highest BCUT2D eigenvalue weighted by Gasteiger charge is 2.17. The molecule has 0 nitrogen and oxygen atoms in total. The maximum atomic E-state index is 13.0. The Morgan fingerprint density at radius 1 is 1.23 bits per heavy atom. The van der Waals surface area contributed by atoms with E-state index in [-0.39, 0.29) is 16.3 Å². The number of aryl methyl sites for hydroxylation is 1. The van der Waals surface area contributed by atoms with Gasteiger partial charge >= 0.3 is 0 Å². The Kier molecular flexibility index (Phi) is 2.67. The van der Waals surface area contributed by atoms with Crippen LogP contribution in [0.25, 0.3) is 0 Å². The van der Waals surface area contributed by atoms with Crippen LogP contribution in [-0.2, 0) is 5.41 Å². The molecular weight excluding hydrogens is 187 g/mol. The first-order chi connectivity index (χ1) is 5.82. The summed E-state index contributed by atoms with van der Waals surface area (Å²) in [4.78, 5) is 0. The summed E-state index contributed by atoms with van der Waals surface area (Å²) in [6.07, 6.45) is 0. The van der Waals surface area contributed by atoms with Crippen molar-refractivity contribution < 1.29 is 4.39 Å². The summed E-state index contributed by atoms with van der Waals surface area (Å²) in [5.74, 6) is -0.341. The van der Waals surface area contributed by atoms with Crippen molar-refractivity contribution in [3.63, 3.8) is 0 Å². The van der Waals surface area contributed by atoms with E-state index in [9.17, 15) is 4.39 Å². The van der Waals surface area contributed by atoms with Crippen LogP contribution in [0.4, 0.5) is 4.39 Å². The average molecular weight is 201 g/mol. The maximum Gasteiger partial charge on any atom is 0.142 e. The van der Waals surface area contributed by atoms with Gasteiger partial charge in [0.25, 0.3) is 0 Å². The second-order valence-electron chi connectivity index (χ2n) is 4.33. The molecule has 0 fully saturated rings. The topological polar surface area (TPSA) is 0 Å². The third-order valence-corrected chi connectivity index (χ3v) is 2.36. The molecule has 0 N–H and O–H groups in total. The average Bonchev–Trinajstić information content (AvgIpc) is 1.94. The molecule has 72 valence electrons. The molecule has 0 atom stereocenters. The molecule has 13 heavy (non-hydrogen) atoms. The van der Waals surface area contributed by atoms with Crippen molar-refractivity contribution in [3.8, 4) is 0 Å². The van der Waals surface area contributed by atoms with E-state index in [0.717, 1.165) is 11.1 Å². The van der Waals surface area contributed by atoms with Gasteiger partial charge in [-0.15, -0.1) is 0 Å². The van der Waals surface area contributed by atoms with E-state index in [1.807, 2.05) is 6.92 Å². The molecule has 0 unspecified atom stereocenters. The van der Waals surface area contributed by atoms with Crippen LogP contribution in [0.2, 0.25) is 5.02 Å². The van der Waals surface area contributed by atoms with E-state index in [0.29, 0.717) is 0 Å². The minimum absolute atomic E-state index is 0.0153. The highest BCUT2D eigenvalue weighted by atomic mass is 35.5. The Bertz CT molecular complexity index is 324. The van der Waals surface area contributed by atoms with Gasteiger partial charge in [0.2, 0.25) is 0 Å². The highest BCUT2D eigenvalue weighted by molar-refractivity contribution is 6.30. The standard InChI is InChI=1S/C11H14ClF/c1-7-5-10(13)9(12)6-8(7)11(2,3)4/h5-6H,1-4H3. The van der Waals surface area contributed by atoms with Gasteiger partial charge in [-0.3, -0.25) is 0 Å². The van der Waals surface area contributed by atoms with Crippen LogP contribution in [0.15, 0.2) is 12.1 Å². The van der Waals surface area contributed by atoms with Crippen molar-refractivity contribution in [2.75, 3.05) is 0 Å². The number of hydrogen-bond acceptors (Lipinski definition) is 0. The van der Waals surface area contributed by atoms with Gasteiger partial charge in [0, 0.05) is 0 Å². The minimum Gasteiger partial charge on any atom is -0.205 e. The number of hydrogen-bond donors (Lipinski definition) is 0.